The number of aliphatic carboxylic acids is 1. The average molecular weight is 362 g/mol. The number of carbonyl (C=O) groups excluding carboxylic acids is 2. The van der Waals surface area contributed by atoms with Gasteiger partial charge < -0.3 is 14.6 Å². The number of allylic oxidation sites excluding steroid dienone is 1. The standard InChI is InChI=1S/C20H26O6/c1-10-8-19-9-12(10)4-5-13(19)20(7-6-14(21)22)15(11(2)17(23)26-20)16(19)18(24)25-3/h11-13,15-16H,1,4-9H2,2-3H3,(H,21,22)/t11-,12+,13+,15-,16+,19-,20+/m0/s1. The molecule has 0 radical (unpaired) electrons. The van der Waals surface area contributed by atoms with Gasteiger partial charge in [-0.2, -0.15) is 0 Å². The van der Waals surface area contributed by atoms with E-state index in [0.717, 1.165) is 25.7 Å². The fraction of sp³-hybridized carbons (Fsp3) is 0.750. The Bertz CT molecular complexity index is 698. The summed E-state index contributed by atoms with van der Waals surface area (Å²) in [5.74, 6) is -2.31. The summed E-state index contributed by atoms with van der Waals surface area (Å²) in [4.78, 5) is 36.7. The number of carboxylic acids is 1. The molecule has 0 aromatic rings. The summed E-state index contributed by atoms with van der Waals surface area (Å²) in [5.41, 5.74) is -0.0112. The van der Waals surface area contributed by atoms with Crippen LogP contribution in [-0.4, -0.2) is 35.7 Å². The molecule has 142 valence electrons. The minimum Gasteiger partial charge on any atom is -0.481 e. The van der Waals surface area contributed by atoms with Gasteiger partial charge in [-0.15, -0.1) is 0 Å². The van der Waals surface area contributed by atoms with Crippen molar-refractivity contribution in [3.63, 3.8) is 0 Å². The van der Waals surface area contributed by atoms with E-state index >= 15 is 0 Å². The normalized spacial score (nSPS) is 45.8. The zero-order valence-corrected chi connectivity index (χ0v) is 15.3. The molecule has 1 spiro atoms. The second-order valence-corrected chi connectivity index (χ2v) is 8.68. The van der Waals surface area contributed by atoms with Crippen molar-refractivity contribution in [3.05, 3.63) is 12.2 Å². The van der Waals surface area contributed by atoms with Crippen LogP contribution in [0.15, 0.2) is 12.2 Å². The van der Waals surface area contributed by atoms with Crippen molar-refractivity contribution < 1.29 is 29.0 Å². The summed E-state index contributed by atoms with van der Waals surface area (Å²) in [5, 5.41) is 9.27. The lowest BCUT2D eigenvalue weighted by Crippen LogP contribution is -2.44. The quantitative estimate of drug-likeness (QED) is 0.611. The van der Waals surface area contributed by atoms with Gasteiger partial charge in [0, 0.05) is 18.3 Å². The van der Waals surface area contributed by atoms with Gasteiger partial charge in [0.2, 0.25) is 0 Å². The van der Waals surface area contributed by atoms with Crippen molar-refractivity contribution in [1.82, 2.24) is 0 Å². The van der Waals surface area contributed by atoms with Crippen LogP contribution in [0.3, 0.4) is 0 Å². The second-order valence-electron chi connectivity index (χ2n) is 8.68. The monoisotopic (exact) mass is 362 g/mol. The van der Waals surface area contributed by atoms with Crippen LogP contribution in [0.2, 0.25) is 0 Å². The predicted octanol–water partition coefficient (Wildman–Crippen LogP) is 2.56. The molecule has 0 aromatic carbocycles. The zero-order valence-electron chi connectivity index (χ0n) is 15.3. The molecule has 4 rings (SSSR count). The van der Waals surface area contributed by atoms with Gasteiger partial charge in [0.1, 0.15) is 5.60 Å². The number of rotatable bonds is 4. The van der Waals surface area contributed by atoms with Crippen LogP contribution in [0.1, 0.15) is 45.4 Å². The Morgan fingerprint density at radius 3 is 2.77 bits per heavy atom. The van der Waals surface area contributed by atoms with Gasteiger partial charge >= 0.3 is 17.9 Å². The summed E-state index contributed by atoms with van der Waals surface area (Å²) < 4.78 is 11.1. The first-order chi connectivity index (χ1) is 12.3. The lowest BCUT2D eigenvalue weighted by atomic mass is 9.63. The van der Waals surface area contributed by atoms with Crippen molar-refractivity contribution in [2.24, 2.45) is 35.0 Å². The molecular weight excluding hydrogens is 336 g/mol. The Morgan fingerprint density at radius 1 is 1.38 bits per heavy atom. The highest BCUT2D eigenvalue weighted by molar-refractivity contribution is 5.82. The van der Waals surface area contributed by atoms with Crippen molar-refractivity contribution in [3.8, 4) is 0 Å². The van der Waals surface area contributed by atoms with Crippen LogP contribution in [-0.2, 0) is 23.9 Å². The van der Waals surface area contributed by atoms with Gasteiger partial charge in [-0.05, 0) is 43.4 Å². The molecule has 6 nitrogen and oxygen atoms in total. The summed E-state index contributed by atoms with van der Waals surface area (Å²) in [6.07, 6.45) is 3.62. The topological polar surface area (TPSA) is 89.9 Å². The van der Waals surface area contributed by atoms with Gasteiger partial charge in [0.05, 0.1) is 18.9 Å². The fourth-order valence-corrected chi connectivity index (χ4v) is 7.01. The SMILES string of the molecule is C=C1C[C@]23C[C@H]1CC[C@H]2[C@@]1(CCC(=O)O)OC(=O)[C@@H](C)[C@H]1[C@@H]3C(=O)OC. The van der Waals surface area contributed by atoms with Gasteiger partial charge in [0.25, 0.3) is 0 Å². The van der Waals surface area contributed by atoms with E-state index < -0.39 is 23.4 Å². The van der Waals surface area contributed by atoms with Gasteiger partial charge in [0.15, 0.2) is 0 Å². The highest BCUT2D eigenvalue weighted by atomic mass is 16.6. The first-order valence-corrected chi connectivity index (χ1v) is 9.47. The average Bonchev–Trinajstić information content (AvgIpc) is 3.09. The maximum Gasteiger partial charge on any atom is 0.309 e. The molecule has 1 saturated heterocycles. The van der Waals surface area contributed by atoms with E-state index in [-0.39, 0.29) is 42.0 Å². The molecule has 6 heteroatoms. The molecule has 1 N–H and O–H groups in total. The Hall–Kier alpha value is -1.85. The Kier molecular flexibility index (Phi) is 3.76. The first kappa shape index (κ1) is 17.6. The number of carbonyl (C=O) groups is 3. The maximum atomic E-state index is 12.9. The van der Waals surface area contributed by atoms with Crippen molar-refractivity contribution in [2.75, 3.05) is 7.11 Å². The lowest BCUT2D eigenvalue weighted by Gasteiger charge is -2.43. The molecule has 0 amide bonds. The number of esters is 2. The van der Waals surface area contributed by atoms with Crippen LogP contribution < -0.4 is 0 Å². The smallest absolute Gasteiger partial charge is 0.309 e. The molecule has 2 bridgehead atoms. The Labute approximate surface area is 152 Å². The molecule has 3 saturated carbocycles. The number of hydrogen-bond donors (Lipinski definition) is 1. The highest BCUT2D eigenvalue weighted by Crippen LogP contribution is 2.74. The summed E-state index contributed by atoms with van der Waals surface area (Å²) in [7, 11) is 1.39. The number of methoxy groups -OCH3 is 1. The highest BCUT2D eigenvalue weighted by Gasteiger charge is 2.77. The van der Waals surface area contributed by atoms with Gasteiger partial charge in [-0.1, -0.05) is 19.1 Å². The largest absolute Gasteiger partial charge is 0.481 e. The van der Waals surface area contributed by atoms with Gasteiger partial charge in [-0.25, -0.2) is 0 Å². The lowest BCUT2D eigenvalue weighted by molar-refractivity contribution is -0.162. The van der Waals surface area contributed by atoms with Crippen LogP contribution in [0.5, 0.6) is 0 Å². The minimum atomic E-state index is -0.909. The fourth-order valence-electron chi connectivity index (χ4n) is 7.01. The van der Waals surface area contributed by atoms with Crippen molar-refractivity contribution in [2.45, 2.75) is 51.0 Å². The first-order valence-electron chi connectivity index (χ1n) is 9.47. The molecule has 7 atom stereocenters. The molecule has 0 unspecified atom stereocenters. The third-order valence-corrected chi connectivity index (χ3v) is 7.78. The summed E-state index contributed by atoms with van der Waals surface area (Å²) >= 11 is 0. The number of fused-ring (bicyclic) bond motifs is 3. The van der Waals surface area contributed by atoms with E-state index in [1.54, 1.807) is 6.92 Å². The summed E-state index contributed by atoms with van der Waals surface area (Å²) in [6, 6.07) is 0. The molecule has 4 aliphatic rings. The molecule has 3 aliphatic carbocycles. The number of carboxylic acid groups (broad SMARTS) is 1. The van der Waals surface area contributed by atoms with E-state index in [1.807, 2.05) is 0 Å². The van der Waals surface area contributed by atoms with Crippen LogP contribution in [0.25, 0.3) is 0 Å². The molecule has 26 heavy (non-hydrogen) atoms. The number of hydrogen-bond acceptors (Lipinski definition) is 5. The van der Waals surface area contributed by atoms with Crippen molar-refractivity contribution in [1.29, 1.82) is 0 Å². The minimum absolute atomic E-state index is 0.00662. The van der Waals surface area contributed by atoms with Crippen molar-refractivity contribution >= 4 is 17.9 Å². The van der Waals surface area contributed by atoms with E-state index in [9.17, 15) is 19.5 Å². The third-order valence-electron chi connectivity index (χ3n) is 7.78. The van der Waals surface area contributed by atoms with Crippen LogP contribution in [0, 0.1) is 35.0 Å². The van der Waals surface area contributed by atoms with Gasteiger partial charge in [-0.3, -0.25) is 14.4 Å². The van der Waals surface area contributed by atoms with E-state index in [4.69, 9.17) is 9.47 Å². The molecule has 4 fully saturated rings. The Balaban J connectivity index is 1.86. The number of ether oxygens (including phenoxy) is 2. The summed E-state index contributed by atoms with van der Waals surface area (Å²) in [6.45, 7) is 6.05. The zero-order chi connectivity index (χ0) is 18.9. The predicted molar refractivity (Wildman–Crippen MR) is 90.9 cm³/mol. The maximum absolute atomic E-state index is 12.9. The van der Waals surface area contributed by atoms with E-state index in [0.29, 0.717) is 5.92 Å². The van der Waals surface area contributed by atoms with Crippen LogP contribution in [0.4, 0.5) is 0 Å². The molecule has 0 aromatic heterocycles. The Morgan fingerprint density at radius 2 is 2.12 bits per heavy atom. The van der Waals surface area contributed by atoms with E-state index in [1.165, 1.54) is 12.7 Å². The molecule has 1 aliphatic heterocycles. The molecular formula is C20H26O6. The second kappa shape index (κ2) is 5.57. The molecule has 1 heterocycles. The van der Waals surface area contributed by atoms with E-state index in [2.05, 4.69) is 6.58 Å². The third kappa shape index (κ3) is 2.01. The van der Waals surface area contributed by atoms with Crippen LogP contribution >= 0.6 is 0 Å².